The Balaban J connectivity index is 1.94. The van der Waals surface area contributed by atoms with Crippen LogP contribution in [0, 0.1) is 0 Å². The van der Waals surface area contributed by atoms with Gasteiger partial charge in [-0.05, 0) is 32.2 Å². The van der Waals surface area contributed by atoms with Gasteiger partial charge in [0.05, 0.1) is 6.61 Å². The molecule has 1 N–H and O–H groups in total. The summed E-state index contributed by atoms with van der Waals surface area (Å²) in [5.41, 5.74) is -0.382. The van der Waals surface area contributed by atoms with Gasteiger partial charge in [0.25, 0.3) is 0 Å². The molecular weight excluding hydrogens is 490 g/mol. The molecule has 1 rings (SSSR count). The SMILES string of the molecule is CCCCCCCCCCCCCCCCOC(=O)[C@]1(CCCCCCCCCCCCCCCC)CCCN1. The number of nitrogens with one attached hydrogen (secondary N) is 1. The Morgan fingerprint density at radius 2 is 0.875 bits per heavy atom. The van der Waals surface area contributed by atoms with Crippen molar-refractivity contribution in [2.75, 3.05) is 13.2 Å². The summed E-state index contributed by atoms with van der Waals surface area (Å²) in [6, 6.07) is 0. The summed E-state index contributed by atoms with van der Waals surface area (Å²) in [7, 11) is 0. The first-order valence-electron chi connectivity index (χ1n) is 18.7. The average molecular weight is 564 g/mol. The van der Waals surface area contributed by atoms with Gasteiger partial charge in [0.1, 0.15) is 5.54 Å². The molecule has 1 heterocycles. The molecule has 40 heavy (non-hydrogen) atoms. The van der Waals surface area contributed by atoms with E-state index in [1.807, 2.05) is 0 Å². The Morgan fingerprint density at radius 1 is 0.525 bits per heavy atom. The molecular formula is C37H73NO2. The number of ether oxygens (including phenoxy) is 1. The van der Waals surface area contributed by atoms with E-state index in [9.17, 15) is 4.79 Å². The van der Waals surface area contributed by atoms with Gasteiger partial charge in [-0.3, -0.25) is 4.79 Å². The normalized spacial score (nSPS) is 17.1. The monoisotopic (exact) mass is 564 g/mol. The Hall–Kier alpha value is -0.570. The molecule has 1 saturated heterocycles. The van der Waals surface area contributed by atoms with E-state index in [2.05, 4.69) is 19.2 Å². The summed E-state index contributed by atoms with van der Waals surface area (Å²) in [5, 5.41) is 3.54. The number of carbonyl (C=O) groups is 1. The van der Waals surface area contributed by atoms with Gasteiger partial charge in [-0.25, -0.2) is 0 Å². The highest BCUT2D eigenvalue weighted by atomic mass is 16.5. The lowest BCUT2D eigenvalue weighted by Crippen LogP contribution is -2.48. The third-order valence-corrected chi connectivity index (χ3v) is 9.32. The molecule has 1 atom stereocenters. The van der Waals surface area contributed by atoms with Gasteiger partial charge in [0, 0.05) is 0 Å². The second kappa shape index (κ2) is 28.5. The second-order valence-corrected chi connectivity index (χ2v) is 13.2. The van der Waals surface area contributed by atoms with Gasteiger partial charge in [-0.1, -0.05) is 187 Å². The van der Waals surface area contributed by atoms with Crippen LogP contribution in [0.25, 0.3) is 0 Å². The third kappa shape index (κ3) is 21.2. The van der Waals surface area contributed by atoms with Gasteiger partial charge in [-0.15, -0.1) is 0 Å². The van der Waals surface area contributed by atoms with E-state index in [0.29, 0.717) is 6.61 Å². The average Bonchev–Trinajstić information content (AvgIpc) is 3.45. The fraction of sp³-hybridized carbons (Fsp3) is 0.973. The smallest absolute Gasteiger partial charge is 0.326 e. The van der Waals surface area contributed by atoms with Crippen molar-refractivity contribution in [3.63, 3.8) is 0 Å². The van der Waals surface area contributed by atoms with Crippen molar-refractivity contribution >= 4 is 5.97 Å². The molecule has 0 radical (unpaired) electrons. The standard InChI is InChI=1S/C37H73NO2/c1-3-5-7-9-11-13-15-17-19-21-23-25-27-29-32-37(33-31-34-38-37)36(39)40-35-30-28-26-24-22-20-18-16-14-12-10-8-6-4-2/h38H,3-35H2,1-2H3/t37-/m0/s1. The maximum atomic E-state index is 13.0. The van der Waals surface area contributed by atoms with Crippen molar-refractivity contribution in [1.29, 1.82) is 0 Å². The molecule has 0 amide bonds. The van der Waals surface area contributed by atoms with Crippen LogP contribution < -0.4 is 5.32 Å². The molecule has 0 aromatic rings. The molecule has 0 aromatic heterocycles. The molecule has 0 unspecified atom stereocenters. The van der Waals surface area contributed by atoms with E-state index in [0.717, 1.165) is 38.6 Å². The van der Waals surface area contributed by atoms with E-state index in [-0.39, 0.29) is 11.5 Å². The van der Waals surface area contributed by atoms with Crippen LogP contribution in [0.5, 0.6) is 0 Å². The largest absolute Gasteiger partial charge is 0.464 e. The van der Waals surface area contributed by atoms with Crippen LogP contribution in [-0.4, -0.2) is 24.7 Å². The van der Waals surface area contributed by atoms with E-state index in [1.54, 1.807) is 0 Å². The van der Waals surface area contributed by atoms with Crippen LogP contribution in [0.2, 0.25) is 0 Å². The van der Waals surface area contributed by atoms with Crippen molar-refractivity contribution in [3.8, 4) is 0 Å². The van der Waals surface area contributed by atoms with Gasteiger partial charge in [0.2, 0.25) is 0 Å². The minimum Gasteiger partial charge on any atom is -0.464 e. The number of rotatable bonds is 31. The van der Waals surface area contributed by atoms with Crippen molar-refractivity contribution < 1.29 is 9.53 Å². The first-order valence-corrected chi connectivity index (χ1v) is 18.7. The highest BCUT2D eigenvalue weighted by Crippen LogP contribution is 2.28. The summed E-state index contributed by atoms with van der Waals surface area (Å²) >= 11 is 0. The van der Waals surface area contributed by atoms with Crippen LogP contribution in [-0.2, 0) is 9.53 Å². The van der Waals surface area contributed by atoms with Crippen molar-refractivity contribution in [1.82, 2.24) is 5.32 Å². The predicted molar refractivity (Wildman–Crippen MR) is 176 cm³/mol. The highest BCUT2D eigenvalue weighted by molar-refractivity contribution is 5.81. The molecule has 0 saturated carbocycles. The van der Waals surface area contributed by atoms with E-state index in [4.69, 9.17) is 4.74 Å². The summed E-state index contributed by atoms with van der Waals surface area (Å²) < 4.78 is 5.80. The number of unbranched alkanes of at least 4 members (excludes halogenated alkanes) is 26. The lowest BCUT2D eigenvalue weighted by molar-refractivity contribution is -0.151. The molecule has 3 heteroatoms. The van der Waals surface area contributed by atoms with Crippen LogP contribution >= 0.6 is 0 Å². The Morgan fingerprint density at radius 3 is 1.23 bits per heavy atom. The van der Waals surface area contributed by atoms with E-state index < -0.39 is 0 Å². The minimum atomic E-state index is -0.382. The maximum Gasteiger partial charge on any atom is 0.326 e. The first kappa shape index (κ1) is 37.5. The molecule has 1 fully saturated rings. The van der Waals surface area contributed by atoms with E-state index >= 15 is 0 Å². The summed E-state index contributed by atoms with van der Waals surface area (Å²) in [6.45, 7) is 6.16. The topological polar surface area (TPSA) is 38.3 Å². The predicted octanol–water partition coefficient (Wildman–Crippen LogP) is 12.0. The minimum absolute atomic E-state index is 0.0365. The summed E-state index contributed by atoms with van der Waals surface area (Å²) in [4.78, 5) is 13.0. The zero-order chi connectivity index (χ0) is 28.8. The lowest BCUT2D eigenvalue weighted by atomic mass is 9.90. The summed E-state index contributed by atoms with van der Waals surface area (Å²) in [5.74, 6) is 0.0365. The Kier molecular flexibility index (Phi) is 26.7. The molecule has 0 spiro atoms. The molecule has 3 nitrogen and oxygen atoms in total. The number of hydrogen-bond acceptors (Lipinski definition) is 3. The first-order chi connectivity index (χ1) is 19.7. The molecule has 0 aliphatic carbocycles. The van der Waals surface area contributed by atoms with Gasteiger partial charge >= 0.3 is 5.97 Å². The second-order valence-electron chi connectivity index (χ2n) is 13.2. The molecule has 1 aliphatic rings. The number of esters is 1. The van der Waals surface area contributed by atoms with Gasteiger partial charge < -0.3 is 10.1 Å². The third-order valence-electron chi connectivity index (χ3n) is 9.32. The maximum absolute atomic E-state index is 13.0. The van der Waals surface area contributed by atoms with Crippen LogP contribution in [0.1, 0.15) is 213 Å². The highest BCUT2D eigenvalue weighted by Gasteiger charge is 2.41. The number of carbonyl (C=O) groups excluding carboxylic acids is 1. The van der Waals surface area contributed by atoms with Gasteiger partial charge in [0.15, 0.2) is 0 Å². The van der Waals surface area contributed by atoms with Crippen LogP contribution in [0.4, 0.5) is 0 Å². The Labute approximate surface area is 252 Å². The fourth-order valence-electron chi connectivity index (χ4n) is 6.52. The summed E-state index contributed by atoms with van der Waals surface area (Å²) in [6.07, 6.45) is 41.3. The van der Waals surface area contributed by atoms with Crippen molar-refractivity contribution in [3.05, 3.63) is 0 Å². The Bertz CT molecular complexity index is 528. The molecule has 238 valence electrons. The van der Waals surface area contributed by atoms with Gasteiger partial charge in [-0.2, -0.15) is 0 Å². The zero-order valence-electron chi connectivity index (χ0n) is 27.7. The van der Waals surface area contributed by atoms with Crippen LogP contribution in [0.3, 0.4) is 0 Å². The lowest BCUT2D eigenvalue weighted by Gasteiger charge is -2.27. The molecule has 0 aromatic carbocycles. The number of hydrogen-bond donors (Lipinski definition) is 1. The molecule has 1 aliphatic heterocycles. The zero-order valence-corrected chi connectivity index (χ0v) is 27.7. The van der Waals surface area contributed by atoms with Crippen molar-refractivity contribution in [2.45, 2.75) is 218 Å². The molecule has 0 bridgehead atoms. The van der Waals surface area contributed by atoms with E-state index in [1.165, 1.54) is 167 Å². The quantitative estimate of drug-likeness (QED) is 0.0673. The fourth-order valence-corrected chi connectivity index (χ4v) is 6.52. The van der Waals surface area contributed by atoms with Crippen molar-refractivity contribution in [2.24, 2.45) is 0 Å². The van der Waals surface area contributed by atoms with Crippen LogP contribution in [0.15, 0.2) is 0 Å².